The molecule has 3 nitrogen and oxygen atoms in total. The lowest BCUT2D eigenvalue weighted by molar-refractivity contribution is -0.122. The van der Waals surface area contributed by atoms with E-state index in [-0.39, 0.29) is 0 Å². The molecule has 1 saturated carbocycles. The van der Waals surface area contributed by atoms with Crippen molar-refractivity contribution in [1.82, 2.24) is 10.6 Å². The third kappa shape index (κ3) is 3.27. The molecule has 3 fully saturated rings. The molecule has 3 rings (SSSR count). The van der Waals surface area contributed by atoms with E-state index in [1.165, 1.54) is 44.9 Å². The number of rotatable bonds is 4. The van der Waals surface area contributed by atoms with Crippen LogP contribution in [-0.4, -0.2) is 35.5 Å². The number of amides is 1. The summed E-state index contributed by atoms with van der Waals surface area (Å²) in [7, 11) is 0. The minimum absolute atomic E-state index is 0.303. The fraction of sp³-hybridized carbons (Fsp3) is 0.933. The highest BCUT2D eigenvalue weighted by Gasteiger charge is 2.35. The Morgan fingerprint density at radius 2 is 1.95 bits per heavy atom. The molecule has 19 heavy (non-hydrogen) atoms. The minimum atomic E-state index is 0.303. The first-order valence-electron chi connectivity index (χ1n) is 7.83. The number of piperidine rings is 1. The largest absolute Gasteiger partial charge is 0.352 e. The highest BCUT2D eigenvalue weighted by Crippen LogP contribution is 2.33. The van der Waals surface area contributed by atoms with Crippen LogP contribution in [0.2, 0.25) is 0 Å². The van der Waals surface area contributed by atoms with Crippen molar-refractivity contribution in [3.63, 3.8) is 0 Å². The van der Waals surface area contributed by atoms with E-state index in [1.54, 1.807) is 0 Å². The number of carbonyl (C=O) groups is 1. The summed E-state index contributed by atoms with van der Waals surface area (Å²) < 4.78 is 0. The predicted octanol–water partition coefficient (Wildman–Crippen LogP) is 2.31. The first-order chi connectivity index (χ1) is 9.24. The number of nitrogens with one attached hydrogen (secondary N) is 2. The van der Waals surface area contributed by atoms with Crippen LogP contribution in [0.3, 0.4) is 0 Å². The first kappa shape index (κ1) is 13.7. The Labute approximate surface area is 120 Å². The second-order valence-electron chi connectivity index (χ2n) is 6.56. The van der Waals surface area contributed by atoms with Gasteiger partial charge in [0.05, 0.1) is 0 Å². The van der Waals surface area contributed by atoms with Gasteiger partial charge in [-0.05, 0) is 50.7 Å². The highest BCUT2D eigenvalue weighted by atomic mass is 32.2. The van der Waals surface area contributed by atoms with Gasteiger partial charge in [-0.2, -0.15) is 11.8 Å². The zero-order valence-electron chi connectivity index (χ0n) is 11.9. The lowest BCUT2D eigenvalue weighted by Crippen LogP contribution is -2.42. The summed E-state index contributed by atoms with van der Waals surface area (Å²) in [6.45, 7) is 0. The summed E-state index contributed by atoms with van der Waals surface area (Å²) >= 11 is 1.91. The van der Waals surface area contributed by atoms with Gasteiger partial charge in [0.15, 0.2) is 0 Å². The summed E-state index contributed by atoms with van der Waals surface area (Å²) in [5.41, 5.74) is 0. The molecule has 0 aromatic carbocycles. The average molecular weight is 282 g/mol. The van der Waals surface area contributed by atoms with Crippen LogP contribution in [0.4, 0.5) is 0 Å². The molecule has 2 aliphatic heterocycles. The maximum Gasteiger partial charge on any atom is 0.220 e. The predicted molar refractivity (Wildman–Crippen MR) is 80.4 cm³/mol. The van der Waals surface area contributed by atoms with Crippen LogP contribution in [0.1, 0.15) is 51.4 Å². The number of hydrogen-bond donors (Lipinski definition) is 2. The van der Waals surface area contributed by atoms with Crippen molar-refractivity contribution in [2.75, 3.05) is 6.26 Å². The van der Waals surface area contributed by atoms with Crippen LogP contribution in [0, 0.1) is 5.92 Å². The molecule has 0 radical (unpaired) electrons. The van der Waals surface area contributed by atoms with E-state index in [1.807, 2.05) is 11.8 Å². The van der Waals surface area contributed by atoms with Gasteiger partial charge in [0.1, 0.15) is 0 Å². The van der Waals surface area contributed by atoms with Gasteiger partial charge in [-0.15, -0.1) is 0 Å². The zero-order valence-corrected chi connectivity index (χ0v) is 12.7. The quantitative estimate of drug-likeness (QED) is 0.831. The van der Waals surface area contributed by atoms with Crippen molar-refractivity contribution in [3.05, 3.63) is 0 Å². The summed E-state index contributed by atoms with van der Waals surface area (Å²) in [5.74, 6) is 0.921. The van der Waals surface area contributed by atoms with Crippen LogP contribution < -0.4 is 10.6 Å². The van der Waals surface area contributed by atoms with E-state index >= 15 is 0 Å². The number of fused-ring (bicyclic) bond motifs is 2. The molecule has 1 aliphatic carbocycles. The molecule has 4 heteroatoms. The van der Waals surface area contributed by atoms with Crippen molar-refractivity contribution in [2.24, 2.45) is 5.92 Å². The van der Waals surface area contributed by atoms with E-state index < -0.39 is 0 Å². The molecule has 0 spiro atoms. The molecule has 3 aliphatic rings. The molecular formula is C15H26N2OS. The molecule has 2 bridgehead atoms. The summed E-state index contributed by atoms with van der Waals surface area (Å²) in [4.78, 5) is 12.2. The standard InChI is InChI=1S/C15H26N2OS/c1-19-14-4-2-3-13(14)17-15(18)9-10-7-11-5-6-12(8-10)16-11/h10-14,16H,2-9H2,1H3,(H,17,18). The molecule has 2 saturated heterocycles. The Morgan fingerprint density at radius 3 is 2.63 bits per heavy atom. The summed E-state index contributed by atoms with van der Waals surface area (Å²) in [5, 5.41) is 7.59. The van der Waals surface area contributed by atoms with Crippen LogP contribution in [0.15, 0.2) is 0 Å². The van der Waals surface area contributed by atoms with E-state index in [4.69, 9.17) is 0 Å². The van der Waals surface area contributed by atoms with Crippen LogP contribution in [0.25, 0.3) is 0 Å². The van der Waals surface area contributed by atoms with Crippen LogP contribution in [-0.2, 0) is 4.79 Å². The van der Waals surface area contributed by atoms with E-state index in [0.717, 1.165) is 6.42 Å². The molecule has 4 unspecified atom stereocenters. The fourth-order valence-electron chi connectivity index (χ4n) is 4.24. The second-order valence-corrected chi connectivity index (χ2v) is 7.64. The Bertz CT molecular complexity index is 324. The van der Waals surface area contributed by atoms with E-state index in [9.17, 15) is 4.79 Å². The topological polar surface area (TPSA) is 41.1 Å². The van der Waals surface area contributed by atoms with Gasteiger partial charge in [-0.1, -0.05) is 6.42 Å². The molecular weight excluding hydrogens is 256 g/mol. The Morgan fingerprint density at radius 1 is 1.21 bits per heavy atom. The fourth-order valence-corrected chi connectivity index (χ4v) is 5.18. The van der Waals surface area contributed by atoms with E-state index in [2.05, 4.69) is 16.9 Å². The Kier molecular flexibility index (Phi) is 4.37. The van der Waals surface area contributed by atoms with Gasteiger partial charge in [0.2, 0.25) is 5.91 Å². The van der Waals surface area contributed by atoms with Crippen molar-refractivity contribution in [3.8, 4) is 0 Å². The van der Waals surface area contributed by atoms with Gasteiger partial charge in [0.25, 0.3) is 0 Å². The molecule has 1 amide bonds. The minimum Gasteiger partial charge on any atom is -0.352 e. The van der Waals surface area contributed by atoms with Crippen molar-refractivity contribution in [1.29, 1.82) is 0 Å². The number of thioether (sulfide) groups is 1. The summed E-state index contributed by atoms with van der Waals surface area (Å²) in [6.07, 6.45) is 11.7. The van der Waals surface area contributed by atoms with Crippen LogP contribution in [0.5, 0.6) is 0 Å². The van der Waals surface area contributed by atoms with Crippen molar-refractivity contribution >= 4 is 17.7 Å². The molecule has 2 N–H and O–H groups in total. The van der Waals surface area contributed by atoms with Gasteiger partial charge in [-0.3, -0.25) is 4.79 Å². The normalized spacial score (nSPS) is 41.4. The van der Waals surface area contributed by atoms with Crippen molar-refractivity contribution < 1.29 is 4.79 Å². The molecule has 0 aromatic heterocycles. The third-order valence-corrected chi connectivity index (χ3v) is 6.32. The van der Waals surface area contributed by atoms with Gasteiger partial charge < -0.3 is 10.6 Å². The average Bonchev–Trinajstić information content (AvgIpc) is 2.96. The SMILES string of the molecule is CSC1CCCC1NC(=O)CC1CC2CCC(C1)N2. The Balaban J connectivity index is 1.46. The molecule has 108 valence electrons. The lowest BCUT2D eigenvalue weighted by atomic mass is 9.89. The smallest absolute Gasteiger partial charge is 0.220 e. The number of hydrogen-bond acceptors (Lipinski definition) is 3. The van der Waals surface area contributed by atoms with Gasteiger partial charge in [-0.25, -0.2) is 0 Å². The summed E-state index contributed by atoms with van der Waals surface area (Å²) in [6, 6.07) is 1.82. The second kappa shape index (κ2) is 6.04. The monoisotopic (exact) mass is 282 g/mol. The molecule has 2 heterocycles. The maximum atomic E-state index is 12.2. The first-order valence-corrected chi connectivity index (χ1v) is 9.11. The third-order valence-electron chi connectivity index (χ3n) is 5.15. The van der Waals surface area contributed by atoms with Gasteiger partial charge >= 0.3 is 0 Å². The lowest BCUT2D eigenvalue weighted by Gasteiger charge is -2.29. The molecule has 4 atom stereocenters. The van der Waals surface area contributed by atoms with Crippen molar-refractivity contribution in [2.45, 2.75) is 74.7 Å². The zero-order chi connectivity index (χ0) is 13.2. The van der Waals surface area contributed by atoms with Crippen LogP contribution >= 0.6 is 11.8 Å². The van der Waals surface area contributed by atoms with Gasteiger partial charge in [0, 0.05) is 29.8 Å². The Hall–Kier alpha value is -0.220. The van der Waals surface area contributed by atoms with E-state index in [0.29, 0.717) is 35.2 Å². The number of carbonyl (C=O) groups excluding carboxylic acids is 1. The highest BCUT2D eigenvalue weighted by molar-refractivity contribution is 7.99. The maximum absolute atomic E-state index is 12.2. The molecule has 0 aromatic rings.